The first-order valence-electron chi connectivity index (χ1n) is 7.09. The van der Waals surface area contributed by atoms with Crippen molar-refractivity contribution in [3.8, 4) is 11.1 Å². The first-order chi connectivity index (χ1) is 10.2. The number of pyridine rings is 2. The van der Waals surface area contributed by atoms with E-state index in [0.717, 1.165) is 36.3 Å². The van der Waals surface area contributed by atoms with Crippen LogP contribution in [0.25, 0.3) is 11.1 Å². The quantitative estimate of drug-likeness (QED) is 0.872. The van der Waals surface area contributed by atoms with Crippen molar-refractivity contribution in [1.82, 2.24) is 9.97 Å². The van der Waals surface area contributed by atoms with Crippen LogP contribution in [-0.4, -0.2) is 29.0 Å². The molecular weight excluding hydrogens is 264 g/mol. The molecule has 0 fully saturated rings. The van der Waals surface area contributed by atoms with Crippen molar-refractivity contribution in [2.45, 2.75) is 19.8 Å². The molecule has 0 radical (unpaired) electrons. The fraction of sp³-hybridized carbons (Fsp3) is 0.312. The number of nitrogens with two attached hydrogens (primary N) is 1. The van der Waals surface area contributed by atoms with Gasteiger partial charge in [0.15, 0.2) is 5.78 Å². The van der Waals surface area contributed by atoms with Crippen molar-refractivity contribution in [2.24, 2.45) is 5.73 Å². The molecule has 0 saturated carbocycles. The van der Waals surface area contributed by atoms with Gasteiger partial charge in [0.1, 0.15) is 5.82 Å². The third-order valence-corrected chi connectivity index (χ3v) is 3.82. The Balaban J connectivity index is 2.01. The molecule has 5 heteroatoms. The van der Waals surface area contributed by atoms with Gasteiger partial charge in [-0.3, -0.25) is 9.78 Å². The van der Waals surface area contributed by atoms with E-state index in [4.69, 9.17) is 5.73 Å². The van der Waals surface area contributed by atoms with E-state index >= 15 is 0 Å². The lowest BCUT2D eigenvalue weighted by molar-refractivity contribution is 0.101. The van der Waals surface area contributed by atoms with Gasteiger partial charge in [-0.15, -0.1) is 0 Å². The van der Waals surface area contributed by atoms with E-state index in [0.29, 0.717) is 12.2 Å². The summed E-state index contributed by atoms with van der Waals surface area (Å²) in [6.07, 6.45) is 7.27. The van der Waals surface area contributed by atoms with Gasteiger partial charge in [0.2, 0.25) is 0 Å². The third kappa shape index (κ3) is 2.64. The van der Waals surface area contributed by atoms with Gasteiger partial charge in [0.25, 0.3) is 0 Å². The van der Waals surface area contributed by atoms with Gasteiger partial charge in [-0.2, -0.15) is 0 Å². The summed E-state index contributed by atoms with van der Waals surface area (Å²) in [4.78, 5) is 22.3. The van der Waals surface area contributed by atoms with Gasteiger partial charge in [0.05, 0.1) is 6.67 Å². The number of carbonyl (C=O) groups excluding carboxylic acids is 1. The summed E-state index contributed by atoms with van der Waals surface area (Å²) in [7, 11) is 0. The molecule has 0 atom stereocenters. The molecule has 3 heterocycles. The summed E-state index contributed by atoms with van der Waals surface area (Å²) in [5.74, 6) is 0.993. The van der Waals surface area contributed by atoms with Gasteiger partial charge in [0, 0.05) is 41.8 Å². The van der Waals surface area contributed by atoms with Crippen LogP contribution in [0.15, 0.2) is 30.7 Å². The molecule has 0 bridgehead atoms. The standard InChI is InChI=1S/C16H18N4O/c1-11(21)13-6-14(8-18-7-13)15-5-12-3-2-4-20(10-17)16(12)19-9-15/h5-9H,2-4,10,17H2,1H3. The fourth-order valence-corrected chi connectivity index (χ4v) is 2.66. The highest BCUT2D eigenvalue weighted by Gasteiger charge is 2.17. The molecule has 2 aromatic rings. The second kappa shape index (κ2) is 5.61. The summed E-state index contributed by atoms with van der Waals surface area (Å²) < 4.78 is 0. The number of aryl methyl sites for hydroxylation is 1. The Morgan fingerprint density at radius 3 is 2.86 bits per heavy atom. The van der Waals surface area contributed by atoms with Crippen molar-refractivity contribution < 1.29 is 4.79 Å². The normalized spacial score (nSPS) is 13.9. The highest BCUT2D eigenvalue weighted by Crippen LogP contribution is 2.28. The second-order valence-corrected chi connectivity index (χ2v) is 5.27. The number of rotatable bonds is 3. The van der Waals surface area contributed by atoms with Gasteiger partial charge < -0.3 is 10.6 Å². The Bertz CT molecular complexity index is 684. The molecule has 21 heavy (non-hydrogen) atoms. The number of fused-ring (bicyclic) bond motifs is 1. The summed E-state index contributed by atoms with van der Waals surface area (Å²) in [5.41, 5.74) is 9.49. The number of carbonyl (C=O) groups is 1. The van der Waals surface area contributed by atoms with Crippen molar-refractivity contribution in [1.29, 1.82) is 0 Å². The van der Waals surface area contributed by atoms with Crippen LogP contribution in [0.4, 0.5) is 5.82 Å². The van der Waals surface area contributed by atoms with Crippen LogP contribution in [0, 0.1) is 0 Å². The van der Waals surface area contributed by atoms with Gasteiger partial charge in [-0.1, -0.05) is 0 Å². The predicted molar refractivity (Wildman–Crippen MR) is 82.2 cm³/mol. The summed E-state index contributed by atoms with van der Waals surface area (Å²) in [6.45, 7) is 2.99. The van der Waals surface area contributed by atoms with Gasteiger partial charge in [-0.05, 0) is 37.5 Å². The van der Waals surface area contributed by atoms with E-state index in [2.05, 4.69) is 20.9 Å². The Morgan fingerprint density at radius 2 is 2.10 bits per heavy atom. The maximum Gasteiger partial charge on any atom is 0.161 e. The maximum absolute atomic E-state index is 11.5. The minimum absolute atomic E-state index is 0.0181. The molecule has 1 aliphatic rings. The van der Waals surface area contributed by atoms with E-state index in [-0.39, 0.29) is 5.78 Å². The second-order valence-electron chi connectivity index (χ2n) is 5.27. The Labute approximate surface area is 123 Å². The van der Waals surface area contributed by atoms with Crippen LogP contribution in [0.2, 0.25) is 0 Å². The third-order valence-electron chi connectivity index (χ3n) is 3.82. The monoisotopic (exact) mass is 282 g/mol. The number of anilines is 1. The van der Waals surface area contributed by atoms with Crippen molar-refractivity contribution in [3.63, 3.8) is 0 Å². The van der Waals surface area contributed by atoms with Crippen LogP contribution < -0.4 is 10.6 Å². The fourth-order valence-electron chi connectivity index (χ4n) is 2.66. The minimum atomic E-state index is 0.0181. The molecule has 5 nitrogen and oxygen atoms in total. The van der Waals surface area contributed by atoms with E-state index < -0.39 is 0 Å². The molecule has 2 N–H and O–H groups in total. The Morgan fingerprint density at radius 1 is 1.29 bits per heavy atom. The summed E-state index contributed by atoms with van der Waals surface area (Å²) >= 11 is 0. The zero-order valence-electron chi connectivity index (χ0n) is 12.0. The molecule has 0 spiro atoms. The molecule has 0 aromatic carbocycles. The molecule has 1 aliphatic heterocycles. The zero-order chi connectivity index (χ0) is 14.8. The summed E-state index contributed by atoms with van der Waals surface area (Å²) in [6, 6.07) is 3.99. The van der Waals surface area contributed by atoms with Crippen molar-refractivity contribution in [3.05, 3.63) is 41.9 Å². The number of nitrogens with zero attached hydrogens (tertiary/aromatic N) is 3. The van der Waals surface area contributed by atoms with Crippen molar-refractivity contribution >= 4 is 11.6 Å². The molecule has 3 rings (SSSR count). The van der Waals surface area contributed by atoms with E-state index in [1.54, 1.807) is 19.3 Å². The van der Waals surface area contributed by atoms with Crippen LogP contribution in [0.3, 0.4) is 0 Å². The number of hydrogen-bond acceptors (Lipinski definition) is 5. The van der Waals surface area contributed by atoms with Crippen LogP contribution >= 0.6 is 0 Å². The molecule has 108 valence electrons. The highest BCUT2D eigenvalue weighted by molar-refractivity contribution is 5.94. The largest absolute Gasteiger partial charge is 0.344 e. The predicted octanol–water partition coefficient (Wildman–Crippen LogP) is 2.02. The minimum Gasteiger partial charge on any atom is -0.344 e. The molecule has 0 unspecified atom stereocenters. The maximum atomic E-state index is 11.5. The highest BCUT2D eigenvalue weighted by atomic mass is 16.1. The molecular formula is C16H18N4O. The lowest BCUT2D eigenvalue weighted by atomic mass is 10.0. The van der Waals surface area contributed by atoms with Crippen LogP contribution in [0.1, 0.15) is 29.3 Å². The molecule has 0 aliphatic carbocycles. The lowest BCUT2D eigenvalue weighted by Gasteiger charge is -2.28. The van der Waals surface area contributed by atoms with Gasteiger partial charge >= 0.3 is 0 Å². The first-order valence-corrected chi connectivity index (χ1v) is 7.09. The van der Waals surface area contributed by atoms with Crippen LogP contribution in [0.5, 0.6) is 0 Å². The average Bonchev–Trinajstić information content (AvgIpc) is 2.53. The van der Waals surface area contributed by atoms with Crippen molar-refractivity contribution in [2.75, 3.05) is 18.1 Å². The van der Waals surface area contributed by atoms with E-state index in [9.17, 15) is 4.79 Å². The number of Topliss-reactive ketones (excluding diaryl/α,β-unsaturated/α-hetero) is 1. The van der Waals surface area contributed by atoms with E-state index in [1.165, 1.54) is 5.56 Å². The molecule has 2 aromatic heterocycles. The topological polar surface area (TPSA) is 72.1 Å². The Kier molecular flexibility index (Phi) is 3.66. The number of ketones is 1. The number of hydrogen-bond donors (Lipinski definition) is 1. The first kappa shape index (κ1) is 13.7. The van der Waals surface area contributed by atoms with E-state index in [1.807, 2.05) is 12.3 Å². The SMILES string of the molecule is CC(=O)c1cncc(-c2cnc3c(c2)CCCN3CN)c1. The average molecular weight is 282 g/mol. The molecule has 0 amide bonds. The molecule has 0 saturated heterocycles. The summed E-state index contributed by atoms with van der Waals surface area (Å²) in [5, 5.41) is 0. The van der Waals surface area contributed by atoms with Gasteiger partial charge in [-0.25, -0.2) is 4.98 Å². The lowest BCUT2D eigenvalue weighted by Crippen LogP contribution is -2.35. The zero-order valence-corrected chi connectivity index (χ0v) is 12.0. The van der Waals surface area contributed by atoms with Crippen LogP contribution in [-0.2, 0) is 6.42 Å². The smallest absolute Gasteiger partial charge is 0.161 e. The number of aromatic nitrogens is 2. The Hall–Kier alpha value is -2.27.